The van der Waals surface area contributed by atoms with E-state index in [0.717, 1.165) is 25.3 Å². The first-order valence-electron chi connectivity index (χ1n) is 6.21. The third-order valence-electron chi connectivity index (χ3n) is 3.20. The van der Waals surface area contributed by atoms with Crippen LogP contribution in [0, 0.1) is 5.92 Å². The third kappa shape index (κ3) is 3.16. The van der Waals surface area contributed by atoms with Gasteiger partial charge in [-0.05, 0) is 42.9 Å². The zero-order valence-corrected chi connectivity index (χ0v) is 11.4. The van der Waals surface area contributed by atoms with Crippen LogP contribution in [0.5, 0.6) is 0 Å². The predicted octanol–water partition coefficient (Wildman–Crippen LogP) is 1.88. The minimum atomic E-state index is 0.00750. The molecule has 0 spiro atoms. The normalized spacial score (nSPS) is 19.8. The van der Waals surface area contributed by atoms with Gasteiger partial charge >= 0.3 is 0 Å². The molecule has 1 fully saturated rings. The molecular weight excluding hydrogens is 246 g/mol. The third-order valence-corrected chi connectivity index (χ3v) is 4.00. The molecule has 1 atom stereocenters. The van der Waals surface area contributed by atoms with Gasteiger partial charge in [0.25, 0.3) is 5.91 Å². The number of hydrogen-bond donors (Lipinski definition) is 1. The van der Waals surface area contributed by atoms with Gasteiger partial charge in [-0.25, -0.2) is 4.98 Å². The van der Waals surface area contributed by atoms with Crippen molar-refractivity contribution < 1.29 is 4.79 Å². The minimum Gasteiger partial charge on any atom is -0.384 e. The monoisotopic (exact) mass is 265 g/mol. The number of nitrogen functional groups attached to an aromatic ring is 1. The Morgan fingerprint density at radius 1 is 1.61 bits per heavy atom. The average molecular weight is 265 g/mol. The van der Waals surface area contributed by atoms with Gasteiger partial charge in [-0.2, -0.15) is 11.8 Å². The van der Waals surface area contributed by atoms with Crippen molar-refractivity contribution in [2.75, 3.05) is 30.8 Å². The van der Waals surface area contributed by atoms with Crippen molar-refractivity contribution in [1.29, 1.82) is 0 Å². The predicted molar refractivity (Wildman–Crippen MR) is 75.7 cm³/mol. The summed E-state index contributed by atoms with van der Waals surface area (Å²) in [6.45, 7) is 1.68. The molecule has 1 aromatic heterocycles. The summed E-state index contributed by atoms with van der Waals surface area (Å²) >= 11 is 1.85. The summed E-state index contributed by atoms with van der Waals surface area (Å²) in [5.74, 6) is 2.14. The smallest absolute Gasteiger partial charge is 0.272 e. The Kier molecular flexibility index (Phi) is 4.47. The van der Waals surface area contributed by atoms with Crippen LogP contribution in [0.25, 0.3) is 0 Å². The quantitative estimate of drug-likeness (QED) is 0.906. The summed E-state index contributed by atoms with van der Waals surface area (Å²) in [5, 5.41) is 0. The standard InChI is InChI=1S/C13H19N3OS/c1-18-9-10-4-3-7-16(8-10)13(17)11-5-2-6-12(14)15-11/h2,5-6,10H,3-4,7-9H2,1H3,(H2,14,15)/t10-/m0/s1. The van der Waals surface area contributed by atoms with E-state index in [2.05, 4.69) is 11.2 Å². The van der Waals surface area contributed by atoms with Crippen LogP contribution in [-0.4, -0.2) is 40.9 Å². The lowest BCUT2D eigenvalue weighted by Crippen LogP contribution is -2.41. The SMILES string of the molecule is CSC[C@H]1CCCN(C(=O)c2cccc(N)n2)C1. The van der Waals surface area contributed by atoms with Gasteiger partial charge in [-0.1, -0.05) is 6.07 Å². The molecule has 2 heterocycles. The second-order valence-corrected chi connectivity index (χ2v) is 5.57. The van der Waals surface area contributed by atoms with E-state index in [0.29, 0.717) is 17.4 Å². The van der Waals surface area contributed by atoms with E-state index in [4.69, 9.17) is 5.73 Å². The van der Waals surface area contributed by atoms with Crippen molar-refractivity contribution in [2.45, 2.75) is 12.8 Å². The number of piperidine rings is 1. The second-order valence-electron chi connectivity index (χ2n) is 4.66. The highest BCUT2D eigenvalue weighted by molar-refractivity contribution is 7.98. The Balaban J connectivity index is 2.04. The van der Waals surface area contributed by atoms with Crippen molar-refractivity contribution in [2.24, 2.45) is 5.92 Å². The molecule has 0 aromatic carbocycles. The molecule has 4 nitrogen and oxygen atoms in total. The molecule has 0 saturated carbocycles. The molecule has 2 N–H and O–H groups in total. The van der Waals surface area contributed by atoms with Crippen LogP contribution in [0.15, 0.2) is 18.2 Å². The van der Waals surface area contributed by atoms with Crippen molar-refractivity contribution in [1.82, 2.24) is 9.88 Å². The zero-order chi connectivity index (χ0) is 13.0. The number of rotatable bonds is 3. The molecular formula is C13H19N3OS. The van der Waals surface area contributed by atoms with Crippen LogP contribution in [0.3, 0.4) is 0 Å². The van der Waals surface area contributed by atoms with Crippen molar-refractivity contribution in [3.63, 3.8) is 0 Å². The molecule has 0 aliphatic carbocycles. The maximum Gasteiger partial charge on any atom is 0.272 e. The number of thioether (sulfide) groups is 1. The van der Waals surface area contributed by atoms with Crippen LogP contribution in [0.4, 0.5) is 5.82 Å². The van der Waals surface area contributed by atoms with Crippen molar-refractivity contribution in [3.8, 4) is 0 Å². The van der Waals surface area contributed by atoms with E-state index in [-0.39, 0.29) is 5.91 Å². The molecule has 0 radical (unpaired) electrons. The van der Waals surface area contributed by atoms with E-state index < -0.39 is 0 Å². The fourth-order valence-corrected chi connectivity index (χ4v) is 3.10. The fraction of sp³-hybridized carbons (Fsp3) is 0.538. The molecule has 1 aliphatic rings. The van der Waals surface area contributed by atoms with Crippen LogP contribution >= 0.6 is 11.8 Å². The Morgan fingerprint density at radius 2 is 2.44 bits per heavy atom. The number of pyridine rings is 1. The Hall–Kier alpha value is -1.23. The number of amides is 1. The Labute approximate surface area is 112 Å². The van der Waals surface area contributed by atoms with Gasteiger partial charge in [0.2, 0.25) is 0 Å². The van der Waals surface area contributed by atoms with Crippen LogP contribution in [-0.2, 0) is 0 Å². The van der Waals surface area contributed by atoms with Crippen LogP contribution in [0.1, 0.15) is 23.3 Å². The molecule has 1 aliphatic heterocycles. The maximum absolute atomic E-state index is 12.3. The molecule has 1 amide bonds. The second kappa shape index (κ2) is 6.09. The van der Waals surface area contributed by atoms with Crippen molar-refractivity contribution >= 4 is 23.5 Å². The van der Waals surface area contributed by atoms with Gasteiger partial charge in [0, 0.05) is 13.1 Å². The summed E-state index contributed by atoms with van der Waals surface area (Å²) in [6.07, 6.45) is 4.41. The summed E-state index contributed by atoms with van der Waals surface area (Å²) in [7, 11) is 0. The molecule has 18 heavy (non-hydrogen) atoms. The number of nitrogens with zero attached hydrogens (tertiary/aromatic N) is 2. The minimum absolute atomic E-state index is 0.00750. The molecule has 0 bridgehead atoms. The lowest BCUT2D eigenvalue weighted by molar-refractivity contribution is 0.0679. The van der Waals surface area contributed by atoms with E-state index in [1.54, 1.807) is 18.2 Å². The zero-order valence-electron chi connectivity index (χ0n) is 10.6. The van der Waals surface area contributed by atoms with Gasteiger partial charge in [-0.3, -0.25) is 4.79 Å². The molecule has 98 valence electrons. The summed E-state index contributed by atoms with van der Waals surface area (Å²) < 4.78 is 0. The topological polar surface area (TPSA) is 59.2 Å². The highest BCUT2D eigenvalue weighted by Crippen LogP contribution is 2.21. The van der Waals surface area contributed by atoms with E-state index in [1.165, 1.54) is 6.42 Å². The Morgan fingerprint density at radius 3 is 3.17 bits per heavy atom. The molecule has 1 aromatic rings. The molecule has 1 saturated heterocycles. The fourth-order valence-electron chi connectivity index (χ4n) is 2.35. The Bertz CT molecular complexity index is 422. The molecule has 2 rings (SSSR count). The van der Waals surface area contributed by atoms with E-state index in [9.17, 15) is 4.79 Å². The molecule has 5 heteroatoms. The van der Waals surface area contributed by atoms with Gasteiger partial charge in [0.1, 0.15) is 11.5 Å². The van der Waals surface area contributed by atoms with E-state index >= 15 is 0 Å². The van der Waals surface area contributed by atoms with Gasteiger partial charge in [0.05, 0.1) is 0 Å². The first kappa shape index (κ1) is 13.2. The average Bonchev–Trinajstić information content (AvgIpc) is 2.39. The number of anilines is 1. The highest BCUT2D eigenvalue weighted by Gasteiger charge is 2.24. The first-order valence-corrected chi connectivity index (χ1v) is 7.61. The van der Waals surface area contributed by atoms with Gasteiger partial charge < -0.3 is 10.6 Å². The lowest BCUT2D eigenvalue weighted by atomic mass is 10.00. The van der Waals surface area contributed by atoms with Crippen LogP contribution < -0.4 is 5.73 Å². The largest absolute Gasteiger partial charge is 0.384 e. The summed E-state index contributed by atoms with van der Waals surface area (Å²) in [6, 6.07) is 5.21. The van der Waals surface area contributed by atoms with Gasteiger partial charge in [-0.15, -0.1) is 0 Å². The first-order chi connectivity index (χ1) is 8.70. The number of carbonyl (C=O) groups excluding carboxylic acids is 1. The lowest BCUT2D eigenvalue weighted by Gasteiger charge is -2.32. The summed E-state index contributed by atoms with van der Waals surface area (Å²) in [5.41, 5.74) is 6.07. The summed E-state index contributed by atoms with van der Waals surface area (Å²) in [4.78, 5) is 18.3. The number of hydrogen-bond acceptors (Lipinski definition) is 4. The van der Waals surface area contributed by atoms with E-state index in [1.807, 2.05) is 16.7 Å². The molecule has 0 unspecified atom stereocenters. The van der Waals surface area contributed by atoms with Crippen LogP contribution in [0.2, 0.25) is 0 Å². The number of nitrogens with two attached hydrogens (primary N) is 1. The van der Waals surface area contributed by atoms with Crippen molar-refractivity contribution in [3.05, 3.63) is 23.9 Å². The van der Waals surface area contributed by atoms with Gasteiger partial charge in [0.15, 0.2) is 0 Å². The number of carbonyl (C=O) groups is 1. The highest BCUT2D eigenvalue weighted by atomic mass is 32.2. The number of likely N-dealkylation sites (tertiary alicyclic amines) is 1. The maximum atomic E-state index is 12.3. The number of aromatic nitrogens is 1.